The van der Waals surface area contributed by atoms with Gasteiger partial charge in [0.1, 0.15) is 11.4 Å². The molecule has 0 aliphatic rings. The van der Waals surface area contributed by atoms with Gasteiger partial charge in [-0.15, -0.1) is 0 Å². The van der Waals surface area contributed by atoms with Gasteiger partial charge in [0.2, 0.25) is 0 Å². The lowest BCUT2D eigenvalue weighted by molar-refractivity contribution is 0.0635. The Morgan fingerprint density at radius 2 is 2.21 bits per heavy atom. The number of rotatable bonds is 4. The summed E-state index contributed by atoms with van der Waals surface area (Å²) in [6, 6.07) is 3.23. The summed E-state index contributed by atoms with van der Waals surface area (Å²) in [5.74, 6) is 0.401. The number of ether oxygens (including phenoxy) is 2. The van der Waals surface area contributed by atoms with E-state index in [1.54, 1.807) is 46.2 Å². The van der Waals surface area contributed by atoms with Crippen molar-refractivity contribution < 1.29 is 14.3 Å². The van der Waals surface area contributed by atoms with Crippen LogP contribution in [-0.4, -0.2) is 30.4 Å². The summed E-state index contributed by atoms with van der Waals surface area (Å²) in [5, 5.41) is 2.57. The number of nitrogens with one attached hydrogen (secondary N) is 1. The maximum Gasteiger partial charge on any atom is 0.413 e. The quantitative estimate of drug-likeness (QED) is 0.872. The molecule has 1 aromatic rings. The Morgan fingerprint density at radius 3 is 2.79 bits per heavy atom. The molecule has 106 valence electrons. The molecule has 1 heterocycles. The fourth-order valence-corrected chi connectivity index (χ4v) is 1.43. The third-order valence-corrected chi connectivity index (χ3v) is 2.19. The third-order valence-electron chi connectivity index (χ3n) is 2.19. The van der Waals surface area contributed by atoms with Crippen LogP contribution in [0.15, 0.2) is 18.3 Å². The van der Waals surface area contributed by atoms with Gasteiger partial charge in [0.25, 0.3) is 0 Å². The molecule has 0 aromatic carbocycles. The molecule has 1 amide bonds. The zero-order chi connectivity index (χ0) is 14.5. The number of anilines is 1. The van der Waals surface area contributed by atoms with E-state index in [0.717, 1.165) is 5.56 Å². The highest BCUT2D eigenvalue weighted by Crippen LogP contribution is 2.15. The molecule has 6 nitrogen and oxygen atoms in total. The van der Waals surface area contributed by atoms with Crippen LogP contribution in [0.2, 0.25) is 0 Å². The lowest BCUT2D eigenvalue weighted by Gasteiger charge is -2.19. The summed E-state index contributed by atoms with van der Waals surface area (Å²) in [6.07, 6.45) is 1.04. The number of hydrogen-bond donors (Lipinski definition) is 2. The maximum atomic E-state index is 11.6. The smallest absolute Gasteiger partial charge is 0.413 e. The Morgan fingerprint density at radius 1 is 1.53 bits per heavy atom. The van der Waals surface area contributed by atoms with Gasteiger partial charge in [0, 0.05) is 13.3 Å². The van der Waals surface area contributed by atoms with E-state index >= 15 is 0 Å². The first kappa shape index (κ1) is 15.4. The fourth-order valence-electron chi connectivity index (χ4n) is 1.43. The molecule has 0 fully saturated rings. The van der Waals surface area contributed by atoms with Crippen LogP contribution in [0.1, 0.15) is 32.4 Å². The number of hydrogen-bond acceptors (Lipinski definition) is 5. The maximum absolute atomic E-state index is 11.6. The summed E-state index contributed by atoms with van der Waals surface area (Å²) in [5.41, 5.74) is 6.20. The molecule has 19 heavy (non-hydrogen) atoms. The molecular weight excluding hydrogens is 246 g/mol. The minimum Gasteiger partial charge on any atom is -0.444 e. The third kappa shape index (κ3) is 5.67. The van der Waals surface area contributed by atoms with Gasteiger partial charge in [-0.25, -0.2) is 9.78 Å². The molecule has 3 N–H and O–H groups in total. The van der Waals surface area contributed by atoms with Gasteiger partial charge in [0.15, 0.2) is 0 Å². The molecule has 0 saturated carbocycles. The van der Waals surface area contributed by atoms with Crippen LogP contribution in [-0.2, 0) is 9.47 Å². The van der Waals surface area contributed by atoms with Gasteiger partial charge < -0.3 is 15.2 Å². The highest BCUT2D eigenvalue weighted by Gasteiger charge is 2.17. The minimum atomic E-state index is -0.547. The SMILES string of the molecule is COCC(N)c1ccnc(NC(=O)OC(C)(C)C)c1. The van der Waals surface area contributed by atoms with E-state index in [1.165, 1.54) is 0 Å². The predicted octanol–water partition coefficient (Wildman–Crippen LogP) is 2.07. The number of nitrogens with zero attached hydrogens (tertiary/aromatic N) is 1. The van der Waals surface area contributed by atoms with Crippen molar-refractivity contribution in [3.8, 4) is 0 Å². The minimum absolute atomic E-state index is 0.257. The van der Waals surface area contributed by atoms with Gasteiger partial charge in [0.05, 0.1) is 12.6 Å². The van der Waals surface area contributed by atoms with Crippen LogP contribution >= 0.6 is 0 Å². The number of carbonyl (C=O) groups excluding carboxylic acids is 1. The number of amides is 1. The summed E-state index contributed by atoms with van der Waals surface area (Å²) in [4.78, 5) is 15.6. The van der Waals surface area contributed by atoms with Crippen molar-refractivity contribution >= 4 is 11.9 Å². The average Bonchev–Trinajstić information content (AvgIpc) is 2.27. The van der Waals surface area contributed by atoms with E-state index in [2.05, 4.69) is 10.3 Å². The van der Waals surface area contributed by atoms with Crippen molar-refractivity contribution in [2.24, 2.45) is 5.73 Å². The zero-order valence-electron chi connectivity index (χ0n) is 11.8. The van der Waals surface area contributed by atoms with Crippen molar-refractivity contribution in [2.45, 2.75) is 32.4 Å². The van der Waals surface area contributed by atoms with Gasteiger partial charge >= 0.3 is 6.09 Å². The van der Waals surface area contributed by atoms with E-state index in [-0.39, 0.29) is 6.04 Å². The lowest BCUT2D eigenvalue weighted by Crippen LogP contribution is -2.27. The molecule has 0 aliphatic heterocycles. The van der Waals surface area contributed by atoms with Crippen molar-refractivity contribution in [1.82, 2.24) is 4.98 Å². The summed E-state index contributed by atoms with van der Waals surface area (Å²) in [6.45, 7) is 5.79. The van der Waals surface area contributed by atoms with Gasteiger partial charge in [-0.1, -0.05) is 0 Å². The topological polar surface area (TPSA) is 86.5 Å². The van der Waals surface area contributed by atoms with Crippen molar-refractivity contribution in [3.63, 3.8) is 0 Å². The Hall–Kier alpha value is -1.66. The average molecular weight is 267 g/mol. The molecule has 6 heteroatoms. The van der Waals surface area contributed by atoms with Crippen molar-refractivity contribution in [1.29, 1.82) is 0 Å². The van der Waals surface area contributed by atoms with Crippen LogP contribution in [0.25, 0.3) is 0 Å². The monoisotopic (exact) mass is 267 g/mol. The highest BCUT2D eigenvalue weighted by atomic mass is 16.6. The van der Waals surface area contributed by atoms with E-state index in [9.17, 15) is 4.79 Å². The fraction of sp³-hybridized carbons (Fsp3) is 0.538. The normalized spacial score (nSPS) is 12.9. The first-order valence-electron chi connectivity index (χ1n) is 6.02. The molecule has 0 saturated heterocycles. The zero-order valence-corrected chi connectivity index (χ0v) is 11.8. The lowest BCUT2D eigenvalue weighted by atomic mass is 10.1. The molecule has 0 aliphatic carbocycles. The van der Waals surface area contributed by atoms with E-state index in [4.69, 9.17) is 15.2 Å². The first-order chi connectivity index (χ1) is 8.81. The van der Waals surface area contributed by atoms with Gasteiger partial charge in [-0.05, 0) is 38.5 Å². The molecule has 0 spiro atoms. The molecule has 1 atom stereocenters. The van der Waals surface area contributed by atoms with Crippen LogP contribution in [0.4, 0.5) is 10.6 Å². The first-order valence-corrected chi connectivity index (χ1v) is 6.02. The Kier molecular flexibility index (Phi) is 5.26. The Bertz CT molecular complexity index is 429. The predicted molar refractivity (Wildman–Crippen MR) is 72.9 cm³/mol. The van der Waals surface area contributed by atoms with E-state index in [1.807, 2.05) is 0 Å². The number of carbonyl (C=O) groups is 1. The van der Waals surface area contributed by atoms with Crippen LogP contribution in [0.5, 0.6) is 0 Å². The molecule has 0 bridgehead atoms. The van der Waals surface area contributed by atoms with Crippen LogP contribution in [0.3, 0.4) is 0 Å². The standard InChI is InChI=1S/C13H21N3O3/c1-13(2,3)19-12(17)16-11-7-9(5-6-15-11)10(14)8-18-4/h5-7,10H,8,14H2,1-4H3,(H,15,16,17). The highest BCUT2D eigenvalue weighted by molar-refractivity contribution is 5.83. The largest absolute Gasteiger partial charge is 0.444 e. The van der Waals surface area contributed by atoms with Crippen molar-refractivity contribution in [2.75, 3.05) is 19.0 Å². The molecule has 0 radical (unpaired) electrons. The number of aromatic nitrogens is 1. The second-order valence-corrected chi connectivity index (χ2v) is 5.16. The molecule has 1 aromatic heterocycles. The molecular formula is C13H21N3O3. The second-order valence-electron chi connectivity index (χ2n) is 5.16. The second kappa shape index (κ2) is 6.49. The molecule has 1 rings (SSSR count). The Labute approximate surface area is 113 Å². The Balaban J connectivity index is 2.69. The van der Waals surface area contributed by atoms with E-state index in [0.29, 0.717) is 12.4 Å². The number of methoxy groups -OCH3 is 1. The summed E-state index contributed by atoms with van der Waals surface area (Å²) in [7, 11) is 1.58. The number of pyridine rings is 1. The summed E-state index contributed by atoms with van der Waals surface area (Å²) < 4.78 is 10.1. The molecule has 1 unspecified atom stereocenters. The number of nitrogens with two attached hydrogens (primary N) is 1. The van der Waals surface area contributed by atoms with Crippen molar-refractivity contribution in [3.05, 3.63) is 23.9 Å². The van der Waals surface area contributed by atoms with Gasteiger partial charge in [-0.3, -0.25) is 5.32 Å². The summed E-state index contributed by atoms with van der Waals surface area (Å²) >= 11 is 0. The van der Waals surface area contributed by atoms with Gasteiger partial charge in [-0.2, -0.15) is 0 Å². The van der Waals surface area contributed by atoms with Crippen LogP contribution < -0.4 is 11.1 Å². The van der Waals surface area contributed by atoms with Crippen LogP contribution in [0, 0.1) is 0 Å². The van der Waals surface area contributed by atoms with E-state index < -0.39 is 11.7 Å².